The van der Waals surface area contributed by atoms with Gasteiger partial charge in [0, 0.05) is 6.54 Å². The molecule has 0 atom stereocenters. The topological polar surface area (TPSA) is 43.8 Å². The van der Waals surface area contributed by atoms with Crippen molar-refractivity contribution >= 4 is 39.7 Å². The van der Waals surface area contributed by atoms with Crippen LogP contribution in [0.5, 0.6) is 0 Å². The van der Waals surface area contributed by atoms with Gasteiger partial charge in [-0.05, 0) is 36.9 Å². The van der Waals surface area contributed by atoms with Gasteiger partial charge in [-0.15, -0.1) is 11.3 Å². The smallest absolute Gasteiger partial charge is 0.153 e. The molecule has 3 aromatic rings. The summed E-state index contributed by atoms with van der Waals surface area (Å²) in [7, 11) is 0. The van der Waals surface area contributed by atoms with Gasteiger partial charge in [0.2, 0.25) is 0 Å². The Morgan fingerprint density at radius 1 is 1.42 bits per heavy atom. The Bertz CT molecular complexity index is 757. The Morgan fingerprint density at radius 2 is 2.21 bits per heavy atom. The molecule has 3 rings (SSSR count). The zero-order chi connectivity index (χ0) is 13.6. The van der Waals surface area contributed by atoms with E-state index in [1.165, 1.54) is 0 Å². The summed E-state index contributed by atoms with van der Waals surface area (Å²) in [5, 5.41) is 2.79. The molecule has 2 aromatic heterocycles. The second-order valence-corrected chi connectivity index (χ2v) is 5.74. The van der Waals surface area contributed by atoms with Crippen molar-refractivity contribution in [3.63, 3.8) is 0 Å². The fourth-order valence-corrected chi connectivity index (χ4v) is 3.49. The number of rotatable bonds is 2. The minimum absolute atomic E-state index is 0.727. The second-order valence-electron chi connectivity index (χ2n) is 4.45. The van der Waals surface area contributed by atoms with Crippen LogP contribution >= 0.6 is 22.9 Å². The summed E-state index contributed by atoms with van der Waals surface area (Å²) in [6, 6.07) is 5.79. The molecule has 0 amide bonds. The van der Waals surface area contributed by atoms with E-state index in [2.05, 4.69) is 16.9 Å². The van der Waals surface area contributed by atoms with Crippen LogP contribution in [-0.2, 0) is 6.54 Å². The number of nitrogens with two attached hydrogens (primary N) is 1. The molecule has 0 aliphatic heterocycles. The normalized spacial score (nSPS) is 11.3. The Hall–Kier alpha value is -1.52. The number of para-hydroxylation sites is 1. The van der Waals surface area contributed by atoms with E-state index in [9.17, 15) is 0 Å². The van der Waals surface area contributed by atoms with E-state index < -0.39 is 0 Å². The molecule has 98 valence electrons. The molecule has 0 bridgehead atoms. The van der Waals surface area contributed by atoms with Gasteiger partial charge in [-0.2, -0.15) is 0 Å². The average Bonchev–Trinajstić information content (AvgIpc) is 2.92. The van der Waals surface area contributed by atoms with Crippen LogP contribution in [0.15, 0.2) is 23.6 Å². The lowest BCUT2D eigenvalue weighted by atomic mass is 10.3. The molecule has 19 heavy (non-hydrogen) atoms. The molecule has 1 aromatic carbocycles. The van der Waals surface area contributed by atoms with Gasteiger partial charge in [-0.1, -0.05) is 17.7 Å². The summed E-state index contributed by atoms with van der Waals surface area (Å²) >= 11 is 7.93. The Kier molecular flexibility index (Phi) is 2.99. The molecule has 0 spiro atoms. The molecule has 5 heteroatoms. The largest absolute Gasteiger partial charge is 0.397 e. The number of imidazole rings is 1. The van der Waals surface area contributed by atoms with E-state index in [-0.39, 0.29) is 0 Å². The molecule has 0 saturated carbocycles. The van der Waals surface area contributed by atoms with E-state index in [1.807, 2.05) is 25.1 Å². The second kappa shape index (κ2) is 4.54. The molecule has 2 heterocycles. The SMILES string of the molecule is CCn1c(-c2scc(C)c2N)nc2cccc(Cl)c21. The number of aromatic nitrogens is 2. The molecule has 0 aliphatic rings. The predicted octanol–water partition coefficient (Wildman–Crippen LogP) is 4.33. The van der Waals surface area contributed by atoms with Crippen LogP contribution in [0, 0.1) is 6.92 Å². The van der Waals surface area contributed by atoms with Crippen molar-refractivity contribution in [1.82, 2.24) is 9.55 Å². The zero-order valence-corrected chi connectivity index (χ0v) is 12.3. The number of anilines is 1. The number of fused-ring (bicyclic) bond motifs is 1. The highest BCUT2D eigenvalue weighted by atomic mass is 35.5. The molecule has 0 radical (unpaired) electrons. The summed E-state index contributed by atoms with van der Waals surface area (Å²) in [5.41, 5.74) is 9.94. The van der Waals surface area contributed by atoms with Gasteiger partial charge in [0.15, 0.2) is 5.82 Å². The summed E-state index contributed by atoms with van der Waals surface area (Å²) in [6.45, 7) is 4.91. The number of hydrogen-bond donors (Lipinski definition) is 1. The standard InChI is InChI=1S/C14H14ClN3S/c1-3-18-12-9(15)5-4-6-10(12)17-14(18)13-11(16)8(2)7-19-13/h4-7H,3,16H2,1-2H3. The molecular weight excluding hydrogens is 278 g/mol. The first-order chi connectivity index (χ1) is 9.13. The van der Waals surface area contributed by atoms with E-state index in [1.54, 1.807) is 11.3 Å². The number of nitrogen functional groups attached to an aromatic ring is 1. The van der Waals surface area contributed by atoms with Crippen LogP contribution in [0.25, 0.3) is 21.7 Å². The van der Waals surface area contributed by atoms with Crippen LogP contribution in [0.4, 0.5) is 5.69 Å². The van der Waals surface area contributed by atoms with Crippen molar-refractivity contribution < 1.29 is 0 Å². The van der Waals surface area contributed by atoms with E-state index in [4.69, 9.17) is 22.3 Å². The third kappa shape index (κ3) is 1.83. The highest BCUT2D eigenvalue weighted by Gasteiger charge is 2.17. The predicted molar refractivity (Wildman–Crippen MR) is 82.9 cm³/mol. The van der Waals surface area contributed by atoms with Crippen molar-refractivity contribution in [2.24, 2.45) is 0 Å². The first-order valence-electron chi connectivity index (χ1n) is 6.12. The molecule has 0 aliphatic carbocycles. The van der Waals surface area contributed by atoms with E-state index in [0.29, 0.717) is 0 Å². The Balaban J connectivity index is 2.36. The third-order valence-corrected chi connectivity index (χ3v) is 4.67. The number of thiophene rings is 1. The highest BCUT2D eigenvalue weighted by Crippen LogP contribution is 2.37. The van der Waals surface area contributed by atoms with Crippen molar-refractivity contribution in [3.05, 3.63) is 34.2 Å². The van der Waals surface area contributed by atoms with Crippen molar-refractivity contribution in [2.75, 3.05) is 5.73 Å². The van der Waals surface area contributed by atoms with Gasteiger partial charge in [0.05, 0.1) is 26.6 Å². The van der Waals surface area contributed by atoms with Gasteiger partial charge in [0.25, 0.3) is 0 Å². The monoisotopic (exact) mass is 291 g/mol. The van der Waals surface area contributed by atoms with E-state index in [0.717, 1.165) is 44.6 Å². The van der Waals surface area contributed by atoms with Crippen LogP contribution in [0.1, 0.15) is 12.5 Å². The first-order valence-corrected chi connectivity index (χ1v) is 7.38. The fraction of sp³-hybridized carbons (Fsp3) is 0.214. The van der Waals surface area contributed by atoms with Crippen LogP contribution < -0.4 is 5.73 Å². The van der Waals surface area contributed by atoms with Crippen molar-refractivity contribution in [3.8, 4) is 10.7 Å². The summed E-state index contributed by atoms with van der Waals surface area (Å²) in [4.78, 5) is 5.72. The molecule has 0 unspecified atom stereocenters. The molecular formula is C14H14ClN3S. The summed E-state index contributed by atoms with van der Waals surface area (Å²) < 4.78 is 2.12. The van der Waals surface area contributed by atoms with Gasteiger partial charge < -0.3 is 10.3 Å². The number of halogens is 1. The zero-order valence-electron chi connectivity index (χ0n) is 10.8. The molecule has 0 fully saturated rings. The number of hydrogen-bond acceptors (Lipinski definition) is 3. The van der Waals surface area contributed by atoms with Gasteiger partial charge in [-0.3, -0.25) is 0 Å². The van der Waals surface area contributed by atoms with E-state index >= 15 is 0 Å². The lowest BCUT2D eigenvalue weighted by molar-refractivity contribution is 0.798. The first kappa shape index (κ1) is 12.5. The molecule has 3 nitrogen and oxygen atoms in total. The van der Waals surface area contributed by atoms with Crippen LogP contribution in [0.2, 0.25) is 5.02 Å². The Morgan fingerprint density at radius 3 is 2.84 bits per heavy atom. The maximum absolute atomic E-state index is 6.30. The number of aryl methyl sites for hydroxylation is 2. The van der Waals surface area contributed by atoms with Crippen molar-refractivity contribution in [2.45, 2.75) is 20.4 Å². The van der Waals surface area contributed by atoms with Crippen molar-refractivity contribution in [1.29, 1.82) is 0 Å². The Labute approximate surface area is 120 Å². The maximum Gasteiger partial charge on any atom is 0.153 e. The molecule has 0 saturated heterocycles. The maximum atomic E-state index is 6.30. The summed E-state index contributed by atoms with van der Waals surface area (Å²) in [6.07, 6.45) is 0. The number of nitrogens with zero attached hydrogens (tertiary/aromatic N) is 2. The van der Waals surface area contributed by atoms with Gasteiger partial charge in [0.1, 0.15) is 0 Å². The minimum Gasteiger partial charge on any atom is -0.397 e. The quantitative estimate of drug-likeness (QED) is 0.764. The summed E-state index contributed by atoms with van der Waals surface area (Å²) in [5.74, 6) is 0.904. The van der Waals surface area contributed by atoms with Gasteiger partial charge in [-0.25, -0.2) is 4.98 Å². The van der Waals surface area contributed by atoms with Crippen LogP contribution in [0.3, 0.4) is 0 Å². The fourth-order valence-electron chi connectivity index (χ4n) is 2.25. The number of benzene rings is 1. The molecule has 2 N–H and O–H groups in total. The lowest BCUT2D eigenvalue weighted by Crippen LogP contribution is -1.98. The third-order valence-electron chi connectivity index (χ3n) is 3.26. The lowest BCUT2D eigenvalue weighted by Gasteiger charge is -2.06. The minimum atomic E-state index is 0.727. The highest BCUT2D eigenvalue weighted by molar-refractivity contribution is 7.14. The average molecular weight is 292 g/mol. The van der Waals surface area contributed by atoms with Gasteiger partial charge >= 0.3 is 0 Å². The van der Waals surface area contributed by atoms with Crippen LogP contribution in [-0.4, -0.2) is 9.55 Å².